The van der Waals surface area contributed by atoms with Crippen molar-refractivity contribution in [1.82, 2.24) is 0 Å². The number of nitrogens with two attached hydrogens (primary N) is 1. The fourth-order valence-electron chi connectivity index (χ4n) is 1.74. The van der Waals surface area contributed by atoms with Gasteiger partial charge in [0.1, 0.15) is 0 Å². The molecule has 1 aromatic carbocycles. The van der Waals surface area contributed by atoms with E-state index in [9.17, 15) is 5.11 Å². The lowest BCUT2D eigenvalue weighted by molar-refractivity contribution is 0.157. The summed E-state index contributed by atoms with van der Waals surface area (Å²) in [6, 6.07) is 8.67. The maximum Gasteiger partial charge on any atom is 0.0555 e. The lowest BCUT2D eigenvalue weighted by Gasteiger charge is -2.10. The van der Waals surface area contributed by atoms with Crippen molar-refractivity contribution in [3.63, 3.8) is 0 Å². The summed E-state index contributed by atoms with van der Waals surface area (Å²) in [6.07, 6.45) is 2.18. The highest BCUT2D eigenvalue weighted by Gasteiger charge is 2.04. The van der Waals surface area contributed by atoms with Crippen LogP contribution in [0.4, 0.5) is 0 Å². The van der Waals surface area contributed by atoms with E-state index in [1.807, 2.05) is 0 Å². The molecule has 0 aromatic heterocycles. The maximum atomic E-state index is 9.57. The van der Waals surface area contributed by atoms with E-state index in [1.54, 1.807) is 0 Å². The second-order valence-electron chi connectivity index (χ2n) is 4.67. The van der Waals surface area contributed by atoms with E-state index in [2.05, 4.69) is 38.1 Å². The zero-order valence-corrected chi connectivity index (χ0v) is 10.3. The van der Waals surface area contributed by atoms with Crippen LogP contribution in [0.2, 0.25) is 0 Å². The molecule has 0 saturated carbocycles. The molecular weight excluding hydrogens is 198 g/mol. The van der Waals surface area contributed by atoms with Crippen molar-refractivity contribution in [3.8, 4) is 0 Å². The number of rotatable bonds is 6. The van der Waals surface area contributed by atoms with Gasteiger partial charge in [0.25, 0.3) is 0 Å². The summed E-state index contributed by atoms with van der Waals surface area (Å²) in [6.45, 7) is 4.95. The van der Waals surface area contributed by atoms with Crippen molar-refractivity contribution in [2.45, 2.75) is 45.1 Å². The third-order valence-corrected chi connectivity index (χ3v) is 2.91. The first-order chi connectivity index (χ1) is 7.63. The number of aliphatic hydroxyl groups is 1. The highest BCUT2D eigenvalue weighted by Crippen LogP contribution is 2.16. The predicted molar refractivity (Wildman–Crippen MR) is 68.5 cm³/mol. The second kappa shape index (κ2) is 6.66. The van der Waals surface area contributed by atoms with E-state index < -0.39 is 0 Å². The van der Waals surface area contributed by atoms with Crippen LogP contribution in [0.3, 0.4) is 0 Å². The molecule has 1 rings (SSSR count). The van der Waals surface area contributed by atoms with Crippen molar-refractivity contribution in [1.29, 1.82) is 0 Å². The van der Waals surface area contributed by atoms with Crippen LogP contribution < -0.4 is 5.73 Å². The number of aliphatic hydroxyl groups excluding tert-OH is 1. The lowest BCUT2D eigenvalue weighted by Crippen LogP contribution is -2.14. The predicted octanol–water partition coefficient (Wildman–Crippen LogP) is 2.45. The zero-order chi connectivity index (χ0) is 12.0. The summed E-state index contributed by atoms with van der Waals surface area (Å²) in [4.78, 5) is 0. The minimum Gasteiger partial charge on any atom is -0.393 e. The van der Waals surface area contributed by atoms with Gasteiger partial charge >= 0.3 is 0 Å². The fourth-order valence-corrected chi connectivity index (χ4v) is 1.74. The molecule has 90 valence electrons. The Morgan fingerprint density at radius 2 is 1.75 bits per heavy atom. The standard InChI is InChI=1S/C14H23NO/c1-11(2)13-6-3-12(4-7-13)5-8-14(16)9-10-15/h3-4,6-7,11,14,16H,5,8-10,15H2,1-2H3. The van der Waals surface area contributed by atoms with Crippen molar-refractivity contribution in [2.75, 3.05) is 6.54 Å². The molecule has 16 heavy (non-hydrogen) atoms. The van der Waals surface area contributed by atoms with Crippen LogP contribution in [0.1, 0.15) is 43.7 Å². The van der Waals surface area contributed by atoms with Crippen molar-refractivity contribution < 1.29 is 5.11 Å². The molecule has 0 aliphatic carbocycles. The van der Waals surface area contributed by atoms with Gasteiger partial charge in [0.2, 0.25) is 0 Å². The molecule has 0 saturated heterocycles. The molecule has 1 aromatic rings. The fraction of sp³-hybridized carbons (Fsp3) is 0.571. The summed E-state index contributed by atoms with van der Waals surface area (Å²) in [5.74, 6) is 0.580. The Morgan fingerprint density at radius 1 is 1.12 bits per heavy atom. The van der Waals surface area contributed by atoms with Crippen molar-refractivity contribution in [3.05, 3.63) is 35.4 Å². The molecule has 0 heterocycles. The molecule has 0 fully saturated rings. The van der Waals surface area contributed by atoms with E-state index in [-0.39, 0.29) is 6.10 Å². The molecule has 2 heteroatoms. The Bertz CT molecular complexity index is 292. The summed E-state index contributed by atoms with van der Waals surface area (Å²) in [5, 5.41) is 9.57. The third kappa shape index (κ3) is 4.33. The van der Waals surface area contributed by atoms with Crippen LogP contribution >= 0.6 is 0 Å². The van der Waals surface area contributed by atoms with E-state index in [0.29, 0.717) is 18.9 Å². The first-order valence-electron chi connectivity index (χ1n) is 6.10. The van der Waals surface area contributed by atoms with Gasteiger partial charge in [-0.1, -0.05) is 38.1 Å². The second-order valence-corrected chi connectivity index (χ2v) is 4.67. The summed E-state index contributed by atoms with van der Waals surface area (Å²) < 4.78 is 0. The topological polar surface area (TPSA) is 46.2 Å². The molecule has 0 amide bonds. The molecule has 0 aliphatic rings. The van der Waals surface area contributed by atoms with Gasteiger partial charge in [-0.25, -0.2) is 0 Å². The van der Waals surface area contributed by atoms with Crippen molar-refractivity contribution >= 4 is 0 Å². The van der Waals surface area contributed by atoms with Gasteiger partial charge in [-0.2, -0.15) is 0 Å². The van der Waals surface area contributed by atoms with Crippen LogP contribution in [0.5, 0.6) is 0 Å². The first kappa shape index (κ1) is 13.2. The van der Waals surface area contributed by atoms with Gasteiger partial charge in [0.05, 0.1) is 6.10 Å². The minimum absolute atomic E-state index is 0.255. The van der Waals surface area contributed by atoms with Gasteiger partial charge in [-0.3, -0.25) is 0 Å². The first-order valence-corrected chi connectivity index (χ1v) is 6.10. The Labute approximate surface area is 98.5 Å². The lowest BCUT2D eigenvalue weighted by atomic mass is 9.99. The monoisotopic (exact) mass is 221 g/mol. The Kier molecular flexibility index (Phi) is 5.50. The molecule has 1 atom stereocenters. The quantitative estimate of drug-likeness (QED) is 0.775. The Balaban J connectivity index is 2.43. The molecule has 0 bridgehead atoms. The summed E-state index contributed by atoms with van der Waals surface area (Å²) in [7, 11) is 0. The van der Waals surface area contributed by atoms with E-state index in [1.165, 1.54) is 11.1 Å². The number of benzene rings is 1. The number of aryl methyl sites for hydroxylation is 1. The van der Waals surface area contributed by atoms with E-state index in [0.717, 1.165) is 12.8 Å². The summed E-state index contributed by atoms with van der Waals surface area (Å²) in [5.41, 5.74) is 8.05. The van der Waals surface area contributed by atoms with Crippen molar-refractivity contribution in [2.24, 2.45) is 5.73 Å². The molecule has 1 unspecified atom stereocenters. The van der Waals surface area contributed by atoms with Gasteiger partial charge in [0.15, 0.2) is 0 Å². The van der Waals surface area contributed by atoms with Crippen LogP contribution in [0, 0.1) is 0 Å². The van der Waals surface area contributed by atoms with Gasteiger partial charge in [-0.05, 0) is 42.9 Å². The normalized spacial score (nSPS) is 13.1. The number of hydrogen-bond donors (Lipinski definition) is 2. The molecule has 2 nitrogen and oxygen atoms in total. The number of hydrogen-bond acceptors (Lipinski definition) is 2. The van der Waals surface area contributed by atoms with Crippen LogP contribution in [0.15, 0.2) is 24.3 Å². The Morgan fingerprint density at radius 3 is 2.25 bits per heavy atom. The molecular formula is C14H23NO. The van der Waals surface area contributed by atoms with E-state index >= 15 is 0 Å². The van der Waals surface area contributed by atoms with Crippen LogP contribution in [-0.4, -0.2) is 17.8 Å². The maximum absolute atomic E-state index is 9.57. The van der Waals surface area contributed by atoms with Crippen LogP contribution in [0.25, 0.3) is 0 Å². The third-order valence-electron chi connectivity index (χ3n) is 2.91. The average Bonchev–Trinajstić information content (AvgIpc) is 2.27. The molecule has 0 spiro atoms. The minimum atomic E-state index is -0.255. The van der Waals surface area contributed by atoms with Gasteiger partial charge < -0.3 is 10.8 Å². The average molecular weight is 221 g/mol. The largest absolute Gasteiger partial charge is 0.393 e. The highest BCUT2D eigenvalue weighted by atomic mass is 16.3. The van der Waals surface area contributed by atoms with Crippen LogP contribution in [-0.2, 0) is 6.42 Å². The molecule has 3 N–H and O–H groups in total. The summed E-state index contributed by atoms with van der Waals surface area (Å²) >= 11 is 0. The van der Waals surface area contributed by atoms with Gasteiger partial charge in [0, 0.05) is 0 Å². The smallest absolute Gasteiger partial charge is 0.0555 e. The molecule has 0 radical (unpaired) electrons. The SMILES string of the molecule is CC(C)c1ccc(CCC(O)CCN)cc1. The highest BCUT2D eigenvalue weighted by molar-refractivity contribution is 5.24. The molecule has 0 aliphatic heterocycles. The van der Waals surface area contributed by atoms with E-state index in [4.69, 9.17) is 5.73 Å². The van der Waals surface area contributed by atoms with Gasteiger partial charge in [-0.15, -0.1) is 0 Å². The Hall–Kier alpha value is -0.860. The zero-order valence-electron chi connectivity index (χ0n) is 10.3.